The topological polar surface area (TPSA) is 38.9 Å². The minimum atomic E-state index is -0.124. The molecule has 0 atom stereocenters. The summed E-state index contributed by atoms with van der Waals surface area (Å²) in [5.74, 6) is 0. The molecule has 1 saturated carbocycles. The van der Waals surface area contributed by atoms with E-state index in [1.807, 2.05) is 6.07 Å². The van der Waals surface area contributed by atoms with Crippen molar-refractivity contribution in [3.8, 4) is 0 Å². The van der Waals surface area contributed by atoms with Gasteiger partial charge in [-0.15, -0.1) is 0 Å². The molecular formula is C11H14BrClN2. The highest BCUT2D eigenvalue weighted by molar-refractivity contribution is 9.10. The van der Waals surface area contributed by atoms with E-state index in [1.165, 1.54) is 0 Å². The third kappa shape index (κ3) is 1.81. The maximum Gasteiger partial charge on any atom is 0.132 e. The molecule has 1 aliphatic rings. The zero-order valence-electron chi connectivity index (χ0n) is 8.85. The van der Waals surface area contributed by atoms with E-state index >= 15 is 0 Å². The summed E-state index contributed by atoms with van der Waals surface area (Å²) in [5.41, 5.74) is 7.06. The van der Waals surface area contributed by atoms with E-state index < -0.39 is 0 Å². The lowest BCUT2D eigenvalue weighted by atomic mass is 9.76. The number of nitrogens with zero attached hydrogens (tertiary/aromatic N) is 1. The number of rotatable bonds is 2. The number of halogens is 2. The van der Waals surface area contributed by atoms with Gasteiger partial charge in [0.25, 0.3) is 0 Å². The van der Waals surface area contributed by atoms with Crippen LogP contribution in [0.2, 0.25) is 5.15 Å². The van der Waals surface area contributed by atoms with Crippen LogP contribution in [0.1, 0.15) is 32.3 Å². The average Bonchev–Trinajstić information content (AvgIpc) is 2.89. The molecule has 1 aromatic rings. The van der Waals surface area contributed by atoms with Gasteiger partial charge in [-0.05, 0) is 40.4 Å². The second kappa shape index (κ2) is 3.44. The Morgan fingerprint density at radius 3 is 2.67 bits per heavy atom. The molecule has 1 aliphatic carbocycles. The number of pyridine rings is 1. The van der Waals surface area contributed by atoms with Crippen molar-refractivity contribution >= 4 is 27.5 Å². The van der Waals surface area contributed by atoms with Crippen LogP contribution in [0.25, 0.3) is 0 Å². The van der Waals surface area contributed by atoms with Gasteiger partial charge in [0, 0.05) is 21.6 Å². The molecule has 1 aromatic heterocycles. The van der Waals surface area contributed by atoms with Gasteiger partial charge in [0.1, 0.15) is 5.15 Å². The van der Waals surface area contributed by atoms with Crippen LogP contribution < -0.4 is 5.73 Å². The Bertz CT molecular complexity index is 400. The normalized spacial score (nSPS) is 19.0. The lowest BCUT2D eigenvalue weighted by Crippen LogP contribution is -2.43. The predicted molar refractivity (Wildman–Crippen MR) is 66.1 cm³/mol. The molecule has 1 heterocycles. The molecule has 4 heteroatoms. The predicted octanol–water partition coefficient (Wildman–Crippen LogP) is 3.27. The van der Waals surface area contributed by atoms with Crippen LogP contribution in [-0.2, 0) is 5.41 Å². The number of nitrogens with two attached hydrogens (primary N) is 1. The smallest absolute Gasteiger partial charge is 0.132 e. The molecule has 0 aromatic carbocycles. The van der Waals surface area contributed by atoms with Gasteiger partial charge in [-0.3, -0.25) is 0 Å². The highest BCUT2D eigenvalue weighted by Gasteiger charge is 2.52. The first kappa shape index (κ1) is 11.4. The third-order valence-electron chi connectivity index (χ3n) is 3.51. The second-order valence-corrected chi connectivity index (χ2v) is 6.05. The fraction of sp³-hybridized carbons (Fsp3) is 0.545. The molecule has 0 unspecified atom stereocenters. The Balaban J connectivity index is 2.48. The standard InChI is InChI=1S/C11H14BrClN2/c1-10(2,11(14)3-4-11)8-5-7(12)6-15-9(8)13/h5-6H,3-4,14H2,1-2H3. The number of aromatic nitrogens is 1. The molecular weight excluding hydrogens is 275 g/mol. The molecule has 2 N–H and O–H groups in total. The molecule has 0 spiro atoms. The largest absolute Gasteiger partial charge is 0.324 e. The average molecular weight is 290 g/mol. The molecule has 82 valence electrons. The van der Waals surface area contributed by atoms with Crippen LogP contribution in [0, 0.1) is 0 Å². The summed E-state index contributed by atoms with van der Waals surface area (Å²) in [6.07, 6.45) is 3.82. The first-order valence-corrected chi connectivity index (χ1v) is 6.14. The van der Waals surface area contributed by atoms with Gasteiger partial charge in [-0.25, -0.2) is 4.98 Å². The van der Waals surface area contributed by atoms with E-state index in [0.29, 0.717) is 5.15 Å². The van der Waals surface area contributed by atoms with Crippen molar-refractivity contribution in [2.24, 2.45) is 5.73 Å². The summed E-state index contributed by atoms with van der Waals surface area (Å²) in [6.45, 7) is 4.27. The van der Waals surface area contributed by atoms with Gasteiger partial charge in [0.15, 0.2) is 0 Å². The number of hydrogen-bond acceptors (Lipinski definition) is 2. The van der Waals surface area contributed by atoms with Gasteiger partial charge in [0.2, 0.25) is 0 Å². The summed E-state index contributed by atoms with van der Waals surface area (Å²) in [6, 6.07) is 2.02. The zero-order valence-corrected chi connectivity index (χ0v) is 11.2. The van der Waals surface area contributed by atoms with Crippen LogP contribution in [0.4, 0.5) is 0 Å². The van der Waals surface area contributed by atoms with E-state index in [0.717, 1.165) is 22.9 Å². The lowest BCUT2D eigenvalue weighted by molar-refractivity contribution is 0.390. The van der Waals surface area contributed by atoms with Crippen molar-refractivity contribution < 1.29 is 0 Å². The van der Waals surface area contributed by atoms with Crippen molar-refractivity contribution in [3.05, 3.63) is 27.5 Å². The van der Waals surface area contributed by atoms with Crippen molar-refractivity contribution in [2.75, 3.05) is 0 Å². The monoisotopic (exact) mass is 288 g/mol. The van der Waals surface area contributed by atoms with E-state index in [1.54, 1.807) is 6.20 Å². The molecule has 0 aliphatic heterocycles. The first-order valence-electron chi connectivity index (χ1n) is 4.97. The summed E-state index contributed by atoms with van der Waals surface area (Å²) in [5, 5.41) is 0.555. The van der Waals surface area contributed by atoms with E-state index in [-0.39, 0.29) is 11.0 Å². The molecule has 0 saturated heterocycles. The Morgan fingerprint density at radius 2 is 2.13 bits per heavy atom. The van der Waals surface area contributed by atoms with Crippen LogP contribution in [0.15, 0.2) is 16.7 Å². The summed E-state index contributed by atoms with van der Waals surface area (Å²) < 4.78 is 0.944. The molecule has 0 bridgehead atoms. The fourth-order valence-corrected chi connectivity index (χ4v) is 2.56. The van der Waals surface area contributed by atoms with Crippen molar-refractivity contribution in [1.29, 1.82) is 0 Å². The maximum absolute atomic E-state index is 6.27. The highest BCUT2D eigenvalue weighted by Crippen LogP contribution is 2.50. The van der Waals surface area contributed by atoms with Gasteiger partial charge in [-0.1, -0.05) is 25.4 Å². The zero-order chi connectivity index (χ0) is 11.3. The SMILES string of the molecule is CC(C)(c1cc(Br)cnc1Cl)C1(N)CC1. The Morgan fingerprint density at radius 1 is 1.53 bits per heavy atom. The lowest BCUT2D eigenvalue weighted by Gasteiger charge is -2.32. The maximum atomic E-state index is 6.27. The van der Waals surface area contributed by atoms with Crippen LogP contribution in [0.5, 0.6) is 0 Å². The van der Waals surface area contributed by atoms with E-state index in [4.69, 9.17) is 17.3 Å². The quantitative estimate of drug-likeness (QED) is 0.849. The molecule has 0 radical (unpaired) electrons. The molecule has 15 heavy (non-hydrogen) atoms. The van der Waals surface area contributed by atoms with Crippen molar-refractivity contribution in [1.82, 2.24) is 4.98 Å². The molecule has 2 rings (SSSR count). The van der Waals surface area contributed by atoms with Crippen molar-refractivity contribution in [2.45, 2.75) is 37.6 Å². The van der Waals surface area contributed by atoms with Crippen LogP contribution in [-0.4, -0.2) is 10.5 Å². The van der Waals surface area contributed by atoms with Crippen LogP contribution >= 0.6 is 27.5 Å². The van der Waals surface area contributed by atoms with E-state index in [9.17, 15) is 0 Å². The second-order valence-electron chi connectivity index (χ2n) is 4.77. The first-order chi connectivity index (χ1) is 6.87. The summed E-state index contributed by atoms with van der Waals surface area (Å²) >= 11 is 9.54. The van der Waals surface area contributed by atoms with Crippen LogP contribution in [0.3, 0.4) is 0 Å². The molecule has 1 fully saturated rings. The Hall–Kier alpha value is -0.120. The van der Waals surface area contributed by atoms with Gasteiger partial charge < -0.3 is 5.73 Å². The minimum Gasteiger partial charge on any atom is -0.324 e. The summed E-state index contributed by atoms with van der Waals surface area (Å²) in [7, 11) is 0. The Kier molecular flexibility index (Phi) is 2.61. The molecule has 2 nitrogen and oxygen atoms in total. The third-order valence-corrected chi connectivity index (χ3v) is 4.25. The highest BCUT2D eigenvalue weighted by atomic mass is 79.9. The molecule has 0 amide bonds. The van der Waals surface area contributed by atoms with Gasteiger partial charge >= 0.3 is 0 Å². The fourth-order valence-electron chi connectivity index (χ4n) is 1.89. The Labute approximate surface area is 103 Å². The van der Waals surface area contributed by atoms with E-state index in [2.05, 4.69) is 34.8 Å². The van der Waals surface area contributed by atoms with Gasteiger partial charge in [-0.2, -0.15) is 0 Å². The minimum absolute atomic E-state index is 0.112. The van der Waals surface area contributed by atoms with Crippen molar-refractivity contribution in [3.63, 3.8) is 0 Å². The number of hydrogen-bond donors (Lipinski definition) is 1. The summed E-state index contributed by atoms with van der Waals surface area (Å²) in [4.78, 5) is 4.15. The van der Waals surface area contributed by atoms with Gasteiger partial charge in [0.05, 0.1) is 0 Å².